The summed E-state index contributed by atoms with van der Waals surface area (Å²) in [6.07, 6.45) is 0. The van der Waals surface area contributed by atoms with Gasteiger partial charge in [0.2, 0.25) is 0 Å². The lowest BCUT2D eigenvalue weighted by atomic mass is 10.1. The number of imide groups is 1. The minimum atomic E-state index is -2.32. The van der Waals surface area contributed by atoms with Crippen molar-refractivity contribution in [1.82, 2.24) is 0 Å². The molecule has 3 aromatic rings. The molecule has 1 N–H and O–H groups in total. The summed E-state index contributed by atoms with van der Waals surface area (Å²) < 4.78 is 0. The fourth-order valence-corrected chi connectivity index (χ4v) is 3.16. The van der Waals surface area contributed by atoms with Crippen molar-refractivity contribution >= 4 is 23.3 Å². The molecule has 142 valence electrons. The number of hydrogen-bond acceptors (Lipinski definition) is 3. The predicted octanol–water partition coefficient (Wildman–Crippen LogP) is 3.71. The van der Waals surface area contributed by atoms with Gasteiger partial charge in [-0.2, -0.15) is 0 Å². The van der Waals surface area contributed by atoms with Crippen molar-refractivity contribution in [3.8, 4) is 11.8 Å². The largest absolute Gasteiger partial charge is 0.353 e. The van der Waals surface area contributed by atoms with Crippen LogP contribution in [-0.4, -0.2) is 22.8 Å². The Labute approximate surface area is 168 Å². The number of carbonyl (C=O) groups excluding carboxylic acids is 2. The normalized spacial score (nSPS) is 18.6. The summed E-state index contributed by atoms with van der Waals surface area (Å²) >= 11 is 0. The fourth-order valence-electron chi connectivity index (χ4n) is 3.16. The topological polar surface area (TPSA) is 60.9 Å². The number of nitrogens with zero attached hydrogens (tertiary/aromatic N) is 2. The summed E-state index contributed by atoms with van der Waals surface area (Å²) in [6, 6.07) is 23.8. The summed E-state index contributed by atoms with van der Waals surface area (Å²) in [4.78, 5) is 28.4. The summed E-state index contributed by atoms with van der Waals surface area (Å²) in [7, 11) is 0. The number of hydrogen-bond donors (Lipinski definition) is 1. The standard InChI is InChI=1S/C24H18N2O3/c1-18-12-14-19(15-13-18)16-17-24(29)22(27)25(20-8-4-2-5-9-20)23(28)26(24)21-10-6-3-7-11-21/h2-15,29H,1H3. The van der Waals surface area contributed by atoms with Crippen molar-refractivity contribution in [3.63, 3.8) is 0 Å². The quantitative estimate of drug-likeness (QED) is 0.543. The zero-order valence-corrected chi connectivity index (χ0v) is 15.7. The highest BCUT2D eigenvalue weighted by Gasteiger charge is 2.57. The Morgan fingerprint density at radius 2 is 1.34 bits per heavy atom. The van der Waals surface area contributed by atoms with Gasteiger partial charge in [-0.15, -0.1) is 0 Å². The minimum Gasteiger partial charge on any atom is -0.353 e. The summed E-state index contributed by atoms with van der Waals surface area (Å²) in [5, 5.41) is 11.3. The third kappa shape index (κ3) is 3.27. The van der Waals surface area contributed by atoms with Crippen LogP contribution in [0, 0.1) is 18.8 Å². The SMILES string of the molecule is Cc1ccc(C#CC2(O)C(=O)N(c3ccccc3)C(=O)N2c2ccccc2)cc1. The molecule has 1 aliphatic rings. The first-order valence-corrected chi connectivity index (χ1v) is 9.12. The van der Waals surface area contributed by atoms with E-state index >= 15 is 0 Å². The molecule has 0 aliphatic carbocycles. The number of aryl methyl sites for hydroxylation is 1. The van der Waals surface area contributed by atoms with E-state index in [0.29, 0.717) is 16.9 Å². The first-order valence-electron chi connectivity index (χ1n) is 9.12. The average molecular weight is 382 g/mol. The van der Waals surface area contributed by atoms with Crippen LogP contribution in [0.2, 0.25) is 0 Å². The van der Waals surface area contributed by atoms with Gasteiger partial charge in [0.05, 0.1) is 5.69 Å². The zero-order chi connectivity index (χ0) is 20.4. The molecule has 5 heteroatoms. The van der Waals surface area contributed by atoms with Gasteiger partial charge in [0, 0.05) is 11.3 Å². The maximum absolute atomic E-state index is 13.2. The highest BCUT2D eigenvalue weighted by Crippen LogP contribution is 2.34. The zero-order valence-electron chi connectivity index (χ0n) is 15.7. The number of amides is 3. The van der Waals surface area contributed by atoms with E-state index in [1.54, 1.807) is 72.8 Å². The van der Waals surface area contributed by atoms with Crippen molar-refractivity contribution in [1.29, 1.82) is 0 Å². The number of carbonyl (C=O) groups is 2. The molecular formula is C24H18N2O3. The first-order chi connectivity index (χ1) is 14.0. The second-order valence-corrected chi connectivity index (χ2v) is 6.72. The molecule has 0 aromatic heterocycles. The Morgan fingerprint density at radius 1 is 0.793 bits per heavy atom. The van der Waals surface area contributed by atoms with E-state index in [4.69, 9.17) is 0 Å². The van der Waals surface area contributed by atoms with Crippen LogP contribution in [0.15, 0.2) is 84.9 Å². The van der Waals surface area contributed by atoms with Crippen molar-refractivity contribution in [2.75, 3.05) is 9.80 Å². The van der Waals surface area contributed by atoms with E-state index in [9.17, 15) is 14.7 Å². The van der Waals surface area contributed by atoms with Crippen LogP contribution >= 0.6 is 0 Å². The van der Waals surface area contributed by atoms with Crippen molar-refractivity contribution in [2.24, 2.45) is 0 Å². The Balaban J connectivity index is 1.83. The number of benzene rings is 3. The molecule has 0 bridgehead atoms. The summed E-state index contributed by atoms with van der Waals surface area (Å²) in [6.45, 7) is 1.96. The van der Waals surface area contributed by atoms with Crippen LogP contribution in [0.4, 0.5) is 16.2 Å². The molecule has 29 heavy (non-hydrogen) atoms. The van der Waals surface area contributed by atoms with E-state index in [0.717, 1.165) is 15.4 Å². The van der Waals surface area contributed by atoms with E-state index in [-0.39, 0.29) is 0 Å². The van der Waals surface area contributed by atoms with Crippen molar-refractivity contribution in [2.45, 2.75) is 12.6 Å². The lowest BCUT2D eigenvalue weighted by molar-refractivity contribution is -0.128. The van der Waals surface area contributed by atoms with E-state index in [1.165, 1.54) is 0 Å². The lowest BCUT2D eigenvalue weighted by Crippen LogP contribution is -2.49. The molecule has 1 fully saturated rings. The van der Waals surface area contributed by atoms with Gasteiger partial charge < -0.3 is 5.11 Å². The number of aliphatic hydroxyl groups is 1. The maximum atomic E-state index is 13.2. The van der Waals surface area contributed by atoms with Gasteiger partial charge in [-0.05, 0) is 49.2 Å². The van der Waals surface area contributed by atoms with Gasteiger partial charge in [-0.3, -0.25) is 4.79 Å². The van der Waals surface area contributed by atoms with Crippen LogP contribution in [0.5, 0.6) is 0 Å². The van der Waals surface area contributed by atoms with Gasteiger partial charge in [0.1, 0.15) is 0 Å². The van der Waals surface area contributed by atoms with Gasteiger partial charge in [-0.25, -0.2) is 14.6 Å². The smallest absolute Gasteiger partial charge is 0.339 e. The highest BCUT2D eigenvalue weighted by molar-refractivity contribution is 6.31. The number of para-hydroxylation sites is 2. The lowest BCUT2D eigenvalue weighted by Gasteiger charge is -2.25. The monoisotopic (exact) mass is 382 g/mol. The molecule has 1 heterocycles. The third-order valence-corrected chi connectivity index (χ3v) is 4.67. The minimum absolute atomic E-state index is 0.372. The molecular weight excluding hydrogens is 364 g/mol. The maximum Gasteiger partial charge on any atom is 0.339 e. The van der Waals surface area contributed by atoms with E-state index in [2.05, 4.69) is 11.8 Å². The van der Waals surface area contributed by atoms with Crippen molar-refractivity contribution in [3.05, 3.63) is 96.1 Å². The molecule has 1 saturated heterocycles. The predicted molar refractivity (Wildman–Crippen MR) is 111 cm³/mol. The van der Waals surface area contributed by atoms with Gasteiger partial charge >= 0.3 is 11.9 Å². The van der Waals surface area contributed by atoms with Crippen LogP contribution in [0.25, 0.3) is 0 Å². The fraction of sp³-hybridized carbons (Fsp3) is 0.0833. The molecule has 3 amide bonds. The van der Waals surface area contributed by atoms with Gasteiger partial charge in [0.25, 0.3) is 5.72 Å². The van der Waals surface area contributed by atoms with Crippen molar-refractivity contribution < 1.29 is 14.7 Å². The molecule has 0 spiro atoms. The second-order valence-electron chi connectivity index (χ2n) is 6.72. The molecule has 5 nitrogen and oxygen atoms in total. The molecule has 4 rings (SSSR count). The van der Waals surface area contributed by atoms with Crippen LogP contribution < -0.4 is 9.80 Å². The Hall–Kier alpha value is -3.88. The number of anilines is 2. The molecule has 1 unspecified atom stereocenters. The van der Waals surface area contributed by atoms with E-state index < -0.39 is 17.7 Å². The number of rotatable bonds is 2. The van der Waals surface area contributed by atoms with Crippen LogP contribution in [0.1, 0.15) is 11.1 Å². The summed E-state index contributed by atoms with van der Waals surface area (Å²) in [5.41, 5.74) is 0.138. The van der Waals surface area contributed by atoms with Gasteiger partial charge in [-0.1, -0.05) is 60.0 Å². The summed E-state index contributed by atoms with van der Waals surface area (Å²) in [5.74, 6) is 4.67. The van der Waals surface area contributed by atoms with Crippen LogP contribution in [0.3, 0.4) is 0 Å². The second kappa shape index (κ2) is 7.27. The highest BCUT2D eigenvalue weighted by atomic mass is 16.3. The van der Waals surface area contributed by atoms with Crippen LogP contribution in [-0.2, 0) is 4.79 Å². The molecule has 0 saturated carbocycles. The molecule has 3 aromatic carbocycles. The Morgan fingerprint density at radius 3 is 1.93 bits per heavy atom. The first kappa shape index (κ1) is 18.5. The van der Waals surface area contributed by atoms with Gasteiger partial charge in [0.15, 0.2) is 0 Å². The van der Waals surface area contributed by atoms with E-state index in [1.807, 2.05) is 19.1 Å². The average Bonchev–Trinajstić information content (AvgIpc) is 2.94. The Kier molecular flexibility index (Phi) is 4.63. The third-order valence-electron chi connectivity index (χ3n) is 4.67. The molecule has 0 radical (unpaired) electrons. The molecule has 1 atom stereocenters. The Bertz CT molecular complexity index is 1120. The number of urea groups is 1. The molecule has 1 aliphatic heterocycles.